The smallest absolute Gasteiger partial charge is 0.416 e. The number of halogens is 1. The summed E-state index contributed by atoms with van der Waals surface area (Å²) in [5, 5.41) is 9.16. The van der Waals surface area contributed by atoms with Gasteiger partial charge in [-0.25, -0.2) is 0 Å². The second-order valence-electron chi connectivity index (χ2n) is 2.06. The van der Waals surface area contributed by atoms with E-state index in [4.69, 9.17) is 21.5 Å². The van der Waals surface area contributed by atoms with Crippen LogP contribution in [0.25, 0.3) is 0 Å². The van der Waals surface area contributed by atoms with Gasteiger partial charge in [-0.15, -0.1) is 11.6 Å². The summed E-state index contributed by atoms with van der Waals surface area (Å²) < 4.78 is 5.71. The van der Waals surface area contributed by atoms with E-state index in [0.29, 0.717) is 11.8 Å². The van der Waals surface area contributed by atoms with E-state index >= 15 is 0 Å². The minimum absolute atomic E-state index is 0.380. The van der Waals surface area contributed by atoms with E-state index in [1.807, 2.05) is 0 Å². The summed E-state index contributed by atoms with van der Waals surface area (Å²) in [4.78, 5) is 0. The van der Waals surface area contributed by atoms with Gasteiger partial charge >= 0.3 is 5.88 Å². The SMILES string of the molecule is COc1ccc(CCl)c[n+]1O. The molecular weight excluding hydrogens is 166 g/mol. The highest BCUT2D eigenvalue weighted by molar-refractivity contribution is 6.17. The van der Waals surface area contributed by atoms with Gasteiger partial charge in [-0.3, -0.25) is 5.21 Å². The lowest BCUT2D eigenvalue weighted by Gasteiger charge is -1.94. The molecule has 0 aliphatic rings. The van der Waals surface area contributed by atoms with E-state index in [0.717, 1.165) is 10.3 Å². The lowest BCUT2D eigenvalue weighted by Crippen LogP contribution is -2.31. The van der Waals surface area contributed by atoms with Crippen molar-refractivity contribution in [3.63, 3.8) is 0 Å². The normalized spacial score (nSPS) is 9.64. The highest BCUT2D eigenvalue weighted by atomic mass is 35.5. The van der Waals surface area contributed by atoms with Gasteiger partial charge in [0.15, 0.2) is 0 Å². The third-order valence-electron chi connectivity index (χ3n) is 1.32. The zero-order valence-corrected chi connectivity index (χ0v) is 6.88. The van der Waals surface area contributed by atoms with E-state index in [1.165, 1.54) is 13.3 Å². The van der Waals surface area contributed by atoms with Crippen LogP contribution in [0, 0.1) is 0 Å². The number of alkyl halides is 1. The van der Waals surface area contributed by atoms with Crippen LogP contribution in [-0.4, -0.2) is 12.3 Å². The Morgan fingerprint density at radius 3 is 2.82 bits per heavy atom. The van der Waals surface area contributed by atoms with Crippen molar-refractivity contribution in [2.75, 3.05) is 7.11 Å². The number of hydrogen-bond acceptors (Lipinski definition) is 2. The van der Waals surface area contributed by atoms with Crippen molar-refractivity contribution in [1.82, 2.24) is 0 Å². The fraction of sp³-hybridized carbons (Fsp3) is 0.286. The molecule has 1 aromatic heterocycles. The van der Waals surface area contributed by atoms with Crippen molar-refractivity contribution in [1.29, 1.82) is 0 Å². The van der Waals surface area contributed by atoms with E-state index in [9.17, 15) is 0 Å². The van der Waals surface area contributed by atoms with Crippen LogP contribution < -0.4 is 9.47 Å². The Morgan fingerprint density at radius 2 is 2.36 bits per heavy atom. The van der Waals surface area contributed by atoms with Crippen LogP contribution in [0.1, 0.15) is 5.56 Å². The lowest BCUT2D eigenvalue weighted by atomic mass is 10.3. The number of pyridine rings is 1. The Bertz CT molecular complexity index is 252. The van der Waals surface area contributed by atoms with E-state index in [2.05, 4.69) is 0 Å². The average molecular weight is 175 g/mol. The first-order chi connectivity index (χ1) is 5.27. The Labute approximate surface area is 69.8 Å². The Balaban J connectivity index is 2.99. The fourth-order valence-corrected chi connectivity index (χ4v) is 0.917. The first-order valence-electron chi connectivity index (χ1n) is 3.11. The van der Waals surface area contributed by atoms with Crippen LogP contribution in [0.2, 0.25) is 0 Å². The summed E-state index contributed by atoms with van der Waals surface area (Å²) in [7, 11) is 1.49. The molecule has 0 saturated heterocycles. The van der Waals surface area contributed by atoms with Gasteiger partial charge in [0.05, 0.1) is 19.1 Å². The number of aromatic nitrogens is 1. The van der Waals surface area contributed by atoms with Gasteiger partial charge in [0.2, 0.25) is 6.20 Å². The topological polar surface area (TPSA) is 33.3 Å². The third kappa shape index (κ3) is 1.74. The molecule has 4 heteroatoms. The predicted octanol–water partition coefficient (Wildman–Crippen LogP) is 0.959. The summed E-state index contributed by atoms with van der Waals surface area (Å²) in [5.74, 6) is 0.767. The van der Waals surface area contributed by atoms with E-state index < -0.39 is 0 Å². The molecule has 1 N–H and O–H groups in total. The molecule has 0 radical (unpaired) electrons. The molecule has 1 aromatic rings. The number of ether oxygens (including phenoxy) is 1. The van der Waals surface area contributed by atoms with Crippen LogP contribution in [0.4, 0.5) is 0 Å². The quantitative estimate of drug-likeness (QED) is 0.412. The standard InChI is InChI=1S/C7H9ClNO2/c1-11-7-3-2-6(4-8)5-9(7)10/h2-3,5,10H,4H2,1H3/q+1. The third-order valence-corrected chi connectivity index (χ3v) is 1.63. The molecule has 3 nitrogen and oxygen atoms in total. The van der Waals surface area contributed by atoms with Gasteiger partial charge in [0.1, 0.15) is 0 Å². The minimum Gasteiger partial charge on any atom is -0.445 e. The summed E-state index contributed by atoms with van der Waals surface area (Å²) in [6, 6.07) is 3.44. The monoisotopic (exact) mass is 174 g/mol. The molecule has 11 heavy (non-hydrogen) atoms. The van der Waals surface area contributed by atoms with Crippen molar-refractivity contribution in [3.05, 3.63) is 23.9 Å². The molecule has 0 amide bonds. The molecule has 1 heterocycles. The molecule has 0 bridgehead atoms. The van der Waals surface area contributed by atoms with Crippen LogP contribution >= 0.6 is 11.6 Å². The predicted molar refractivity (Wildman–Crippen MR) is 39.9 cm³/mol. The molecule has 0 aromatic carbocycles. The number of methoxy groups -OCH3 is 1. The molecule has 0 aliphatic heterocycles. The second-order valence-corrected chi connectivity index (χ2v) is 2.33. The van der Waals surface area contributed by atoms with Crippen molar-refractivity contribution >= 4 is 11.6 Å². The Hall–Kier alpha value is -0.960. The summed E-state index contributed by atoms with van der Waals surface area (Å²) in [5.41, 5.74) is 0.843. The van der Waals surface area contributed by atoms with E-state index in [1.54, 1.807) is 12.1 Å². The molecule has 60 valence electrons. The molecule has 0 spiro atoms. The maximum atomic E-state index is 9.16. The molecule has 0 saturated carbocycles. The highest BCUT2D eigenvalue weighted by Crippen LogP contribution is 2.05. The first-order valence-corrected chi connectivity index (χ1v) is 3.65. The van der Waals surface area contributed by atoms with Crippen LogP contribution in [0.5, 0.6) is 5.88 Å². The van der Waals surface area contributed by atoms with Crippen molar-refractivity contribution in [2.24, 2.45) is 0 Å². The maximum Gasteiger partial charge on any atom is 0.416 e. The summed E-state index contributed by atoms with van der Waals surface area (Å²) in [6.45, 7) is 0. The average Bonchev–Trinajstić information content (AvgIpc) is 2.04. The van der Waals surface area contributed by atoms with Gasteiger partial charge in [0, 0.05) is 10.3 Å². The highest BCUT2D eigenvalue weighted by Gasteiger charge is 2.09. The molecule has 0 fully saturated rings. The van der Waals surface area contributed by atoms with Gasteiger partial charge in [0.25, 0.3) is 0 Å². The van der Waals surface area contributed by atoms with Crippen molar-refractivity contribution < 1.29 is 14.7 Å². The number of hydrogen-bond donors (Lipinski definition) is 1. The molecule has 0 atom stereocenters. The fourth-order valence-electron chi connectivity index (χ4n) is 0.759. The van der Waals surface area contributed by atoms with Gasteiger partial charge in [-0.1, -0.05) is 0 Å². The van der Waals surface area contributed by atoms with Crippen LogP contribution in [-0.2, 0) is 5.88 Å². The van der Waals surface area contributed by atoms with Crippen LogP contribution in [0.3, 0.4) is 0 Å². The van der Waals surface area contributed by atoms with Crippen molar-refractivity contribution in [2.45, 2.75) is 5.88 Å². The first kappa shape index (κ1) is 8.14. The van der Waals surface area contributed by atoms with Gasteiger partial charge in [-0.2, -0.15) is 0 Å². The molecule has 0 unspecified atom stereocenters. The van der Waals surface area contributed by atoms with Gasteiger partial charge in [-0.05, 0) is 6.07 Å². The Morgan fingerprint density at radius 1 is 1.64 bits per heavy atom. The molecular formula is C7H9ClNO2+. The summed E-state index contributed by atoms with van der Waals surface area (Å²) in [6.07, 6.45) is 1.51. The molecule has 0 aliphatic carbocycles. The summed E-state index contributed by atoms with van der Waals surface area (Å²) >= 11 is 5.53. The largest absolute Gasteiger partial charge is 0.445 e. The lowest BCUT2D eigenvalue weighted by molar-refractivity contribution is -0.906. The maximum absolute atomic E-state index is 9.16. The van der Waals surface area contributed by atoms with E-state index in [-0.39, 0.29) is 0 Å². The Kier molecular flexibility index (Phi) is 2.54. The minimum atomic E-state index is 0.380. The molecule has 1 rings (SSSR count). The number of nitrogens with zero attached hydrogens (tertiary/aromatic N) is 1. The zero-order chi connectivity index (χ0) is 8.27. The van der Waals surface area contributed by atoms with Gasteiger partial charge < -0.3 is 4.74 Å². The second kappa shape index (κ2) is 3.44. The number of rotatable bonds is 2. The van der Waals surface area contributed by atoms with Crippen molar-refractivity contribution in [3.8, 4) is 5.88 Å². The zero-order valence-electron chi connectivity index (χ0n) is 6.12. The van der Waals surface area contributed by atoms with Crippen LogP contribution in [0.15, 0.2) is 18.3 Å².